The Morgan fingerprint density at radius 1 is 1.45 bits per heavy atom. The molecular weight excluding hydrogens is 288 g/mol. The van der Waals surface area contributed by atoms with E-state index in [1.54, 1.807) is 18.2 Å². The smallest absolute Gasteiger partial charge is 0.326 e. The van der Waals surface area contributed by atoms with Gasteiger partial charge in [-0.05, 0) is 19.1 Å². The number of nitrogens with zero attached hydrogens (tertiary/aromatic N) is 2. The second-order valence-corrected chi connectivity index (χ2v) is 5.35. The molecule has 2 aromatic rings. The van der Waals surface area contributed by atoms with E-state index < -0.39 is 17.9 Å². The number of carboxylic acid groups (broad SMARTS) is 1. The predicted molar refractivity (Wildman–Crippen MR) is 76.6 cm³/mol. The lowest BCUT2D eigenvalue weighted by atomic mass is 10.2. The molecule has 0 radical (unpaired) electrons. The maximum absolute atomic E-state index is 12.6. The first-order valence-electron chi connectivity index (χ1n) is 6.93. The number of aromatic nitrogens is 1. The largest absolute Gasteiger partial charge is 0.480 e. The lowest BCUT2D eigenvalue weighted by Gasteiger charge is -2.19. The van der Waals surface area contributed by atoms with Crippen LogP contribution in [-0.4, -0.2) is 52.7 Å². The summed E-state index contributed by atoms with van der Waals surface area (Å²) in [5.74, 6) is -1.41. The Bertz CT molecular complexity index is 739. The fraction of sp³-hybridized carbons (Fsp3) is 0.400. The van der Waals surface area contributed by atoms with Gasteiger partial charge >= 0.3 is 5.97 Å². The van der Waals surface area contributed by atoms with E-state index in [1.807, 2.05) is 6.92 Å². The summed E-state index contributed by atoms with van der Waals surface area (Å²) in [7, 11) is 1.51. The first-order chi connectivity index (χ1) is 10.5. The molecule has 116 valence electrons. The van der Waals surface area contributed by atoms with Crippen LogP contribution in [-0.2, 0) is 9.53 Å². The number of pyridine rings is 1. The van der Waals surface area contributed by atoms with Crippen LogP contribution in [0.3, 0.4) is 0 Å². The van der Waals surface area contributed by atoms with Gasteiger partial charge in [-0.15, -0.1) is 0 Å². The zero-order chi connectivity index (χ0) is 15.9. The molecule has 3 rings (SSSR count). The molecule has 0 aromatic carbocycles. The number of rotatable bonds is 3. The highest BCUT2D eigenvalue weighted by Gasteiger charge is 2.41. The fourth-order valence-electron chi connectivity index (χ4n) is 2.70. The monoisotopic (exact) mass is 304 g/mol. The number of likely N-dealkylation sites (tertiary alicyclic amines) is 1. The summed E-state index contributed by atoms with van der Waals surface area (Å²) in [6.45, 7) is 2.08. The summed E-state index contributed by atoms with van der Waals surface area (Å²) in [6, 6.07) is 4.17. The summed E-state index contributed by atoms with van der Waals surface area (Å²) >= 11 is 0. The second kappa shape index (κ2) is 5.42. The van der Waals surface area contributed by atoms with E-state index >= 15 is 0 Å². The van der Waals surface area contributed by atoms with Gasteiger partial charge in [0.15, 0.2) is 11.3 Å². The number of aryl methyl sites for hydroxylation is 1. The molecule has 0 bridgehead atoms. The SMILES string of the molecule is COC1CC(C(=O)O)N(C(=O)c2cc3nc(C)ccc3o2)C1. The summed E-state index contributed by atoms with van der Waals surface area (Å²) in [5.41, 5.74) is 1.90. The van der Waals surface area contributed by atoms with Crippen molar-refractivity contribution < 1.29 is 23.8 Å². The lowest BCUT2D eigenvalue weighted by molar-refractivity contribution is -0.141. The van der Waals surface area contributed by atoms with Crippen molar-refractivity contribution in [3.63, 3.8) is 0 Å². The predicted octanol–water partition coefficient (Wildman–Crippen LogP) is 1.45. The number of hydrogen-bond donors (Lipinski definition) is 1. The van der Waals surface area contributed by atoms with Crippen LogP contribution in [0.2, 0.25) is 0 Å². The number of carbonyl (C=O) groups is 2. The Balaban J connectivity index is 1.92. The van der Waals surface area contributed by atoms with Crippen molar-refractivity contribution in [1.82, 2.24) is 9.88 Å². The number of amides is 1. The number of carboxylic acids is 1. The number of aliphatic carboxylic acids is 1. The van der Waals surface area contributed by atoms with Crippen LogP contribution in [0, 0.1) is 6.92 Å². The highest BCUT2D eigenvalue weighted by atomic mass is 16.5. The average molecular weight is 304 g/mol. The first-order valence-corrected chi connectivity index (χ1v) is 6.93. The third-order valence-corrected chi connectivity index (χ3v) is 3.87. The van der Waals surface area contributed by atoms with Crippen LogP contribution in [0.5, 0.6) is 0 Å². The number of ether oxygens (including phenoxy) is 1. The molecule has 0 saturated carbocycles. The van der Waals surface area contributed by atoms with Gasteiger partial charge in [0.1, 0.15) is 11.6 Å². The molecule has 1 fully saturated rings. The van der Waals surface area contributed by atoms with Crippen LogP contribution >= 0.6 is 0 Å². The third-order valence-electron chi connectivity index (χ3n) is 3.87. The van der Waals surface area contributed by atoms with Crippen molar-refractivity contribution in [3.05, 3.63) is 29.7 Å². The van der Waals surface area contributed by atoms with Gasteiger partial charge in [-0.1, -0.05) is 0 Å². The zero-order valence-electron chi connectivity index (χ0n) is 12.3. The van der Waals surface area contributed by atoms with Crippen molar-refractivity contribution in [1.29, 1.82) is 0 Å². The molecule has 1 aliphatic heterocycles. The summed E-state index contributed by atoms with van der Waals surface area (Å²) in [6.07, 6.45) is -0.00962. The van der Waals surface area contributed by atoms with Crippen molar-refractivity contribution in [2.75, 3.05) is 13.7 Å². The van der Waals surface area contributed by atoms with Crippen LogP contribution in [0.25, 0.3) is 11.1 Å². The highest BCUT2D eigenvalue weighted by molar-refractivity contribution is 5.97. The van der Waals surface area contributed by atoms with Gasteiger partial charge in [-0.3, -0.25) is 4.79 Å². The molecule has 2 unspecified atom stereocenters. The van der Waals surface area contributed by atoms with E-state index in [0.29, 0.717) is 11.1 Å². The number of fused-ring (bicyclic) bond motifs is 1. The Morgan fingerprint density at radius 3 is 2.91 bits per heavy atom. The second-order valence-electron chi connectivity index (χ2n) is 5.35. The Hall–Kier alpha value is -2.41. The molecule has 7 nitrogen and oxygen atoms in total. The van der Waals surface area contributed by atoms with Gasteiger partial charge < -0.3 is 19.2 Å². The van der Waals surface area contributed by atoms with Gasteiger partial charge in [0.25, 0.3) is 5.91 Å². The number of hydrogen-bond acceptors (Lipinski definition) is 5. The summed E-state index contributed by atoms with van der Waals surface area (Å²) < 4.78 is 10.7. The van der Waals surface area contributed by atoms with E-state index in [2.05, 4.69) is 4.98 Å². The molecule has 0 spiro atoms. The highest BCUT2D eigenvalue weighted by Crippen LogP contribution is 2.25. The molecular formula is C15H16N2O5. The summed E-state index contributed by atoms with van der Waals surface area (Å²) in [5, 5.41) is 9.28. The van der Waals surface area contributed by atoms with E-state index in [4.69, 9.17) is 9.15 Å². The van der Waals surface area contributed by atoms with E-state index in [-0.39, 0.29) is 24.8 Å². The van der Waals surface area contributed by atoms with Gasteiger partial charge in [0, 0.05) is 31.8 Å². The topological polar surface area (TPSA) is 92.9 Å². The number of methoxy groups -OCH3 is 1. The van der Waals surface area contributed by atoms with Crippen molar-refractivity contribution >= 4 is 23.0 Å². The Morgan fingerprint density at radius 2 is 2.23 bits per heavy atom. The molecule has 1 N–H and O–H groups in total. The van der Waals surface area contributed by atoms with Crippen LogP contribution < -0.4 is 0 Å². The Labute approximate surface area is 126 Å². The molecule has 3 heterocycles. The standard InChI is InChI=1S/C15H16N2O5/c1-8-3-4-12-10(16-8)6-13(22-12)14(18)17-7-9(21-2)5-11(17)15(19)20/h3-4,6,9,11H,5,7H2,1-2H3,(H,19,20). The molecule has 7 heteroatoms. The van der Waals surface area contributed by atoms with E-state index in [0.717, 1.165) is 5.69 Å². The minimum absolute atomic E-state index is 0.0936. The Kier molecular flexibility index (Phi) is 3.58. The molecule has 2 aromatic heterocycles. The van der Waals surface area contributed by atoms with Crippen molar-refractivity contribution in [3.8, 4) is 0 Å². The number of furan rings is 1. The zero-order valence-corrected chi connectivity index (χ0v) is 12.3. The summed E-state index contributed by atoms with van der Waals surface area (Å²) in [4.78, 5) is 29.5. The fourth-order valence-corrected chi connectivity index (χ4v) is 2.70. The average Bonchev–Trinajstić information content (AvgIpc) is 3.09. The lowest BCUT2D eigenvalue weighted by Crippen LogP contribution is -2.40. The minimum atomic E-state index is -1.04. The normalized spacial score (nSPS) is 21.5. The maximum atomic E-state index is 12.6. The van der Waals surface area contributed by atoms with Gasteiger partial charge in [0.05, 0.1) is 6.10 Å². The van der Waals surface area contributed by atoms with Crippen molar-refractivity contribution in [2.24, 2.45) is 0 Å². The third kappa shape index (κ3) is 2.43. The molecule has 1 saturated heterocycles. The van der Waals surface area contributed by atoms with Gasteiger partial charge in [0.2, 0.25) is 0 Å². The molecule has 1 amide bonds. The first kappa shape index (κ1) is 14.5. The van der Waals surface area contributed by atoms with Gasteiger partial charge in [-0.2, -0.15) is 0 Å². The molecule has 1 aliphatic rings. The van der Waals surface area contributed by atoms with Crippen LogP contribution in [0.15, 0.2) is 22.6 Å². The minimum Gasteiger partial charge on any atom is -0.480 e. The molecule has 0 aliphatic carbocycles. The van der Waals surface area contributed by atoms with Crippen LogP contribution in [0.1, 0.15) is 22.7 Å². The quantitative estimate of drug-likeness (QED) is 0.922. The molecule has 22 heavy (non-hydrogen) atoms. The van der Waals surface area contributed by atoms with E-state index in [1.165, 1.54) is 12.0 Å². The van der Waals surface area contributed by atoms with Crippen molar-refractivity contribution in [2.45, 2.75) is 25.5 Å². The number of carbonyl (C=O) groups excluding carboxylic acids is 1. The maximum Gasteiger partial charge on any atom is 0.326 e. The van der Waals surface area contributed by atoms with Gasteiger partial charge in [-0.25, -0.2) is 9.78 Å². The van der Waals surface area contributed by atoms with E-state index in [9.17, 15) is 14.7 Å². The molecule has 2 atom stereocenters. The van der Waals surface area contributed by atoms with Crippen LogP contribution in [0.4, 0.5) is 0 Å².